The number of ether oxygens (including phenoxy) is 1. The van der Waals surface area contributed by atoms with E-state index in [1.165, 1.54) is 0 Å². The Labute approximate surface area is 96.9 Å². The van der Waals surface area contributed by atoms with E-state index in [1.54, 1.807) is 19.2 Å². The van der Waals surface area contributed by atoms with Gasteiger partial charge in [0.2, 0.25) is 0 Å². The lowest BCUT2D eigenvalue weighted by Crippen LogP contribution is -2.15. The van der Waals surface area contributed by atoms with Crippen LogP contribution in [0.4, 0.5) is 4.39 Å². The van der Waals surface area contributed by atoms with Gasteiger partial charge in [-0.25, -0.2) is 4.39 Å². The van der Waals surface area contributed by atoms with Gasteiger partial charge in [-0.15, -0.1) is 0 Å². The topological polar surface area (TPSA) is 21.3 Å². The largest absolute Gasteiger partial charge is 0.496 e. The quantitative estimate of drug-likeness (QED) is 0.895. The van der Waals surface area contributed by atoms with E-state index in [4.69, 9.17) is 4.74 Å². The van der Waals surface area contributed by atoms with Gasteiger partial charge in [-0.1, -0.05) is 0 Å². The van der Waals surface area contributed by atoms with Crippen molar-refractivity contribution in [3.05, 3.63) is 28.0 Å². The van der Waals surface area contributed by atoms with Crippen molar-refractivity contribution >= 4 is 15.9 Å². The van der Waals surface area contributed by atoms with Gasteiger partial charge in [-0.3, -0.25) is 0 Å². The standard InChI is InChI=1S/C11H13BrFNO/c1-15-9-5-4-7(12)11(13)10(9)8-3-2-6-14-8/h4-5,8,14H,2-3,6H2,1H3. The Morgan fingerprint density at radius 2 is 2.33 bits per heavy atom. The number of rotatable bonds is 2. The first kappa shape index (κ1) is 10.9. The predicted octanol–water partition coefficient (Wildman–Crippen LogP) is 3.02. The summed E-state index contributed by atoms with van der Waals surface area (Å²) in [6.45, 7) is 0.944. The molecule has 82 valence electrons. The summed E-state index contributed by atoms with van der Waals surface area (Å²) in [6, 6.07) is 3.55. The zero-order chi connectivity index (χ0) is 10.8. The molecule has 0 radical (unpaired) electrons. The van der Waals surface area contributed by atoms with Crippen molar-refractivity contribution in [1.82, 2.24) is 5.32 Å². The molecule has 1 heterocycles. The van der Waals surface area contributed by atoms with Gasteiger partial charge in [0.15, 0.2) is 0 Å². The Morgan fingerprint density at radius 1 is 1.53 bits per heavy atom. The molecule has 2 nitrogen and oxygen atoms in total. The molecule has 0 saturated carbocycles. The van der Waals surface area contributed by atoms with Crippen LogP contribution in [0, 0.1) is 5.82 Å². The highest BCUT2D eigenvalue weighted by molar-refractivity contribution is 9.10. The van der Waals surface area contributed by atoms with E-state index >= 15 is 0 Å². The van der Waals surface area contributed by atoms with E-state index < -0.39 is 0 Å². The number of hydrogen-bond donors (Lipinski definition) is 1. The van der Waals surface area contributed by atoms with E-state index in [9.17, 15) is 4.39 Å². The second kappa shape index (κ2) is 4.49. The Balaban J connectivity index is 2.45. The molecule has 1 aromatic carbocycles. The fourth-order valence-corrected chi connectivity index (χ4v) is 2.33. The summed E-state index contributed by atoms with van der Waals surface area (Å²) in [7, 11) is 1.57. The van der Waals surface area contributed by atoms with Crippen LogP contribution in [-0.4, -0.2) is 13.7 Å². The summed E-state index contributed by atoms with van der Waals surface area (Å²) in [4.78, 5) is 0. The number of hydrogen-bond acceptors (Lipinski definition) is 2. The summed E-state index contributed by atoms with van der Waals surface area (Å²) in [5.41, 5.74) is 0.643. The average Bonchev–Trinajstić information content (AvgIpc) is 2.75. The van der Waals surface area contributed by atoms with Crippen LogP contribution >= 0.6 is 15.9 Å². The van der Waals surface area contributed by atoms with Crippen molar-refractivity contribution in [1.29, 1.82) is 0 Å². The van der Waals surface area contributed by atoms with E-state index in [2.05, 4.69) is 21.2 Å². The first-order chi connectivity index (χ1) is 7.24. The molecular weight excluding hydrogens is 261 g/mol. The summed E-state index contributed by atoms with van der Waals surface area (Å²) in [5, 5.41) is 3.27. The van der Waals surface area contributed by atoms with Gasteiger partial charge in [0.25, 0.3) is 0 Å². The van der Waals surface area contributed by atoms with Gasteiger partial charge in [0, 0.05) is 11.6 Å². The molecule has 1 unspecified atom stereocenters. The van der Waals surface area contributed by atoms with Gasteiger partial charge in [-0.05, 0) is 47.4 Å². The lowest BCUT2D eigenvalue weighted by Gasteiger charge is -2.16. The predicted molar refractivity (Wildman–Crippen MR) is 60.6 cm³/mol. The lowest BCUT2D eigenvalue weighted by molar-refractivity contribution is 0.395. The van der Waals surface area contributed by atoms with Crippen LogP contribution in [0.3, 0.4) is 0 Å². The van der Waals surface area contributed by atoms with Crippen molar-refractivity contribution in [2.24, 2.45) is 0 Å². The first-order valence-electron chi connectivity index (χ1n) is 4.99. The summed E-state index contributed by atoms with van der Waals surface area (Å²) in [5.74, 6) is 0.406. The highest BCUT2D eigenvalue weighted by Crippen LogP contribution is 2.35. The van der Waals surface area contributed by atoms with Crippen molar-refractivity contribution in [3.8, 4) is 5.75 Å². The lowest BCUT2D eigenvalue weighted by atomic mass is 10.0. The maximum atomic E-state index is 13.9. The van der Waals surface area contributed by atoms with Crippen molar-refractivity contribution in [2.45, 2.75) is 18.9 Å². The SMILES string of the molecule is COc1ccc(Br)c(F)c1C1CCCN1. The van der Waals surface area contributed by atoms with Crippen molar-refractivity contribution in [2.75, 3.05) is 13.7 Å². The molecule has 1 aliphatic heterocycles. The minimum Gasteiger partial charge on any atom is -0.496 e. The van der Waals surface area contributed by atoms with Gasteiger partial charge in [-0.2, -0.15) is 0 Å². The zero-order valence-electron chi connectivity index (χ0n) is 8.52. The minimum absolute atomic E-state index is 0.0810. The first-order valence-corrected chi connectivity index (χ1v) is 5.78. The Kier molecular flexibility index (Phi) is 3.26. The highest BCUT2D eigenvalue weighted by atomic mass is 79.9. The van der Waals surface area contributed by atoms with Crippen LogP contribution in [0.5, 0.6) is 5.75 Å². The molecule has 2 rings (SSSR count). The van der Waals surface area contributed by atoms with Gasteiger partial charge < -0.3 is 10.1 Å². The highest BCUT2D eigenvalue weighted by Gasteiger charge is 2.24. The maximum absolute atomic E-state index is 13.9. The van der Waals surface area contributed by atoms with Gasteiger partial charge in [0.1, 0.15) is 11.6 Å². The number of benzene rings is 1. The number of methoxy groups -OCH3 is 1. The monoisotopic (exact) mass is 273 g/mol. The molecule has 0 aliphatic carbocycles. The molecule has 1 aromatic rings. The Hall–Kier alpha value is -0.610. The fraction of sp³-hybridized carbons (Fsp3) is 0.455. The Morgan fingerprint density at radius 3 is 2.93 bits per heavy atom. The van der Waals surface area contributed by atoms with Crippen molar-refractivity contribution in [3.63, 3.8) is 0 Å². The molecule has 15 heavy (non-hydrogen) atoms. The molecule has 0 amide bonds. The fourth-order valence-electron chi connectivity index (χ4n) is 1.98. The summed E-state index contributed by atoms with van der Waals surface area (Å²) >= 11 is 3.20. The van der Waals surface area contributed by atoms with Crippen LogP contribution in [0.25, 0.3) is 0 Å². The number of halogens is 2. The maximum Gasteiger partial charge on any atom is 0.145 e. The third-order valence-electron chi connectivity index (χ3n) is 2.72. The molecule has 1 fully saturated rings. The molecular formula is C11H13BrFNO. The van der Waals surface area contributed by atoms with Crippen LogP contribution < -0.4 is 10.1 Å². The van der Waals surface area contributed by atoms with E-state index in [0.29, 0.717) is 15.8 Å². The van der Waals surface area contributed by atoms with Crippen LogP contribution in [0.1, 0.15) is 24.4 Å². The summed E-state index contributed by atoms with van der Waals surface area (Å²) in [6.07, 6.45) is 2.05. The van der Waals surface area contributed by atoms with Crippen LogP contribution in [0.2, 0.25) is 0 Å². The average molecular weight is 274 g/mol. The third-order valence-corrected chi connectivity index (χ3v) is 3.33. The third kappa shape index (κ3) is 2.01. The summed E-state index contributed by atoms with van der Waals surface area (Å²) < 4.78 is 19.6. The van der Waals surface area contributed by atoms with E-state index in [-0.39, 0.29) is 11.9 Å². The van der Waals surface area contributed by atoms with Gasteiger partial charge >= 0.3 is 0 Å². The normalized spacial score (nSPS) is 20.6. The van der Waals surface area contributed by atoms with Crippen LogP contribution in [-0.2, 0) is 0 Å². The smallest absolute Gasteiger partial charge is 0.145 e. The Bertz CT molecular complexity index is 364. The minimum atomic E-state index is -0.214. The molecule has 4 heteroatoms. The van der Waals surface area contributed by atoms with Crippen molar-refractivity contribution < 1.29 is 9.13 Å². The molecule has 0 bridgehead atoms. The van der Waals surface area contributed by atoms with Crippen LogP contribution in [0.15, 0.2) is 16.6 Å². The van der Waals surface area contributed by atoms with E-state index in [0.717, 1.165) is 19.4 Å². The molecule has 1 saturated heterocycles. The molecule has 0 spiro atoms. The molecule has 1 N–H and O–H groups in total. The van der Waals surface area contributed by atoms with E-state index in [1.807, 2.05) is 0 Å². The number of nitrogens with one attached hydrogen (secondary N) is 1. The second-order valence-electron chi connectivity index (χ2n) is 3.63. The zero-order valence-corrected chi connectivity index (χ0v) is 10.1. The molecule has 0 aromatic heterocycles. The molecule has 1 atom stereocenters. The second-order valence-corrected chi connectivity index (χ2v) is 4.48. The molecule has 1 aliphatic rings. The van der Waals surface area contributed by atoms with Gasteiger partial charge in [0.05, 0.1) is 11.6 Å².